The first-order chi connectivity index (χ1) is 9.53. The second-order valence-corrected chi connectivity index (χ2v) is 6.02. The molecule has 1 rings (SSSR count). The van der Waals surface area contributed by atoms with Crippen LogP contribution in [0.3, 0.4) is 0 Å². The van der Waals surface area contributed by atoms with E-state index in [9.17, 15) is 4.79 Å². The molecular weight excluding hydrogens is 274 g/mol. The lowest BCUT2D eigenvalue weighted by molar-refractivity contribution is -0.122. The number of hydrogen-bond acceptors (Lipinski definition) is 2. The number of halogens is 1. The molecule has 0 aliphatic heterocycles. The number of rotatable bonds is 9. The summed E-state index contributed by atoms with van der Waals surface area (Å²) in [6, 6.07) is 9.52. The molecular formula is C16H24ClNO2. The number of hydrogen-bond donors (Lipinski definition) is 1. The van der Waals surface area contributed by atoms with Crippen molar-refractivity contribution in [2.24, 2.45) is 5.41 Å². The molecule has 0 aliphatic rings. The number of benzene rings is 1. The standard InChI is InChI=1S/C16H24ClNO2/c1-16(2,10-6-11-17)13-18-15(19)9-12-20-14-7-4-3-5-8-14/h3-5,7-8H,6,9-13H2,1-2H3,(H,18,19). The van der Waals surface area contributed by atoms with Gasteiger partial charge in [-0.15, -0.1) is 11.6 Å². The lowest BCUT2D eigenvalue weighted by Gasteiger charge is -2.24. The third-order valence-electron chi connectivity index (χ3n) is 3.09. The average molecular weight is 298 g/mol. The second-order valence-electron chi connectivity index (χ2n) is 5.64. The molecule has 0 fully saturated rings. The van der Waals surface area contributed by atoms with Crippen LogP contribution in [0.1, 0.15) is 33.1 Å². The summed E-state index contributed by atoms with van der Waals surface area (Å²) >= 11 is 5.69. The molecule has 0 spiro atoms. The van der Waals surface area contributed by atoms with Crippen molar-refractivity contribution >= 4 is 17.5 Å². The molecule has 1 aromatic rings. The lowest BCUT2D eigenvalue weighted by Crippen LogP contribution is -2.34. The number of nitrogens with one attached hydrogen (secondary N) is 1. The fourth-order valence-corrected chi connectivity index (χ4v) is 1.97. The molecule has 0 saturated heterocycles. The molecule has 0 radical (unpaired) electrons. The van der Waals surface area contributed by atoms with E-state index >= 15 is 0 Å². The molecule has 0 heterocycles. The Balaban J connectivity index is 2.17. The van der Waals surface area contributed by atoms with Gasteiger partial charge < -0.3 is 10.1 Å². The highest BCUT2D eigenvalue weighted by atomic mass is 35.5. The first-order valence-electron chi connectivity index (χ1n) is 7.04. The van der Waals surface area contributed by atoms with Crippen molar-refractivity contribution in [3.8, 4) is 5.75 Å². The quantitative estimate of drug-likeness (QED) is 0.707. The van der Waals surface area contributed by atoms with Gasteiger partial charge in [-0.3, -0.25) is 4.79 Å². The summed E-state index contributed by atoms with van der Waals surface area (Å²) in [5, 5.41) is 2.96. The second kappa shape index (κ2) is 8.85. The smallest absolute Gasteiger partial charge is 0.223 e. The van der Waals surface area contributed by atoms with Crippen LogP contribution in [0.5, 0.6) is 5.75 Å². The van der Waals surface area contributed by atoms with Crippen LogP contribution in [0.25, 0.3) is 0 Å². The largest absolute Gasteiger partial charge is 0.493 e. The van der Waals surface area contributed by atoms with E-state index in [1.807, 2.05) is 30.3 Å². The highest BCUT2D eigenvalue weighted by Crippen LogP contribution is 2.21. The number of amides is 1. The normalized spacial score (nSPS) is 11.2. The van der Waals surface area contributed by atoms with E-state index < -0.39 is 0 Å². The van der Waals surface area contributed by atoms with E-state index in [0.29, 0.717) is 25.5 Å². The molecule has 20 heavy (non-hydrogen) atoms. The van der Waals surface area contributed by atoms with Crippen molar-refractivity contribution in [3.05, 3.63) is 30.3 Å². The lowest BCUT2D eigenvalue weighted by atomic mass is 9.88. The van der Waals surface area contributed by atoms with E-state index in [-0.39, 0.29) is 11.3 Å². The minimum atomic E-state index is 0.0277. The Morgan fingerprint density at radius 2 is 2.00 bits per heavy atom. The SMILES string of the molecule is CC(C)(CCCCl)CNC(=O)CCOc1ccccc1. The topological polar surface area (TPSA) is 38.3 Å². The van der Waals surface area contributed by atoms with Crippen LogP contribution in [0, 0.1) is 5.41 Å². The van der Waals surface area contributed by atoms with E-state index in [0.717, 1.165) is 18.6 Å². The van der Waals surface area contributed by atoms with Crippen LogP contribution in [-0.4, -0.2) is 24.9 Å². The van der Waals surface area contributed by atoms with Gasteiger partial charge in [0.15, 0.2) is 0 Å². The van der Waals surface area contributed by atoms with Crippen molar-refractivity contribution in [1.29, 1.82) is 0 Å². The van der Waals surface area contributed by atoms with Gasteiger partial charge in [0, 0.05) is 12.4 Å². The number of alkyl halides is 1. The molecule has 0 bridgehead atoms. The fraction of sp³-hybridized carbons (Fsp3) is 0.562. The third kappa shape index (κ3) is 7.39. The number of ether oxygens (including phenoxy) is 1. The molecule has 0 unspecified atom stereocenters. The highest BCUT2D eigenvalue weighted by molar-refractivity contribution is 6.17. The van der Waals surface area contributed by atoms with E-state index in [1.54, 1.807) is 0 Å². The van der Waals surface area contributed by atoms with Gasteiger partial charge in [-0.05, 0) is 30.4 Å². The van der Waals surface area contributed by atoms with Gasteiger partial charge in [0.1, 0.15) is 5.75 Å². The van der Waals surface area contributed by atoms with Crippen LogP contribution < -0.4 is 10.1 Å². The summed E-state index contributed by atoms with van der Waals surface area (Å²) in [5.41, 5.74) is 0.0881. The summed E-state index contributed by atoms with van der Waals surface area (Å²) in [5.74, 6) is 1.49. The zero-order valence-corrected chi connectivity index (χ0v) is 13.1. The van der Waals surface area contributed by atoms with Crippen molar-refractivity contribution in [1.82, 2.24) is 5.32 Å². The van der Waals surface area contributed by atoms with Gasteiger partial charge in [-0.1, -0.05) is 32.0 Å². The molecule has 1 amide bonds. The van der Waals surface area contributed by atoms with Gasteiger partial charge in [-0.25, -0.2) is 0 Å². The summed E-state index contributed by atoms with van der Waals surface area (Å²) < 4.78 is 5.50. The summed E-state index contributed by atoms with van der Waals surface area (Å²) in [6.45, 7) is 5.35. The van der Waals surface area contributed by atoms with E-state index in [2.05, 4.69) is 19.2 Å². The highest BCUT2D eigenvalue weighted by Gasteiger charge is 2.18. The molecule has 1 N–H and O–H groups in total. The predicted molar refractivity (Wildman–Crippen MR) is 83.3 cm³/mol. The van der Waals surface area contributed by atoms with Gasteiger partial charge in [-0.2, -0.15) is 0 Å². The molecule has 4 heteroatoms. The van der Waals surface area contributed by atoms with Crippen molar-refractivity contribution in [3.63, 3.8) is 0 Å². The first kappa shape index (κ1) is 16.8. The van der Waals surface area contributed by atoms with E-state index in [4.69, 9.17) is 16.3 Å². The van der Waals surface area contributed by atoms with Gasteiger partial charge in [0.25, 0.3) is 0 Å². The molecule has 0 atom stereocenters. The number of carbonyl (C=O) groups excluding carboxylic acids is 1. The van der Waals surface area contributed by atoms with Crippen LogP contribution >= 0.6 is 11.6 Å². The Bertz CT molecular complexity index is 393. The Morgan fingerprint density at radius 1 is 1.30 bits per heavy atom. The van der Waals surface area contributed by atoms with Crippen molar-refractivity contribution in [2.75, 3.05) is 19.0 Å². The monoisotopic (exact) mass is 297 g/mol. The van der Waals surface area contributed by atoms with Crippen molar-refractivity contribution < 1.29 is 9.53 Å². The molecule has 0 saturated carbocycles. The van der Waals surface area contributed by atoms with Crippen LogP contribution in [0.2, 0.25) is 0 Å². The molecule has 0 aromatic heterocycles. The van der Waals surface area contributed by atoms with Gasteiger partial charge in [0.05, 0.1) is 13.0 Å². The molecule has 1 aromatic carbocycles. The molecule has 3 nitrogen and oxygen atoms in total. The molecule has 112 valence electrons. The summed E-state index contributed by atoms with van der Waals surface area (Å²) in [7, 11) is 0. The fourth-order valence-electron chi connectivity index (χ4n) is 1.84. The maximum atomic E-state index is 11.7. The first-order valence-corrected chi connectivity index (χ1v) is 7.57. The Hall–Kier alpha value is -1.22. The number of carbonyl (C=O) groups is 1. The molecule has 0 aliphatic carbocycles. The van der Waals surface area contributed by atoms with Crippen molar-refractivity contribution in [2.45, 2.75) is 33.1 Å². The average Bonchev–Trinajstić information content (AvgIpc) is 2.44. The minimum absolute atomic E-state index is 0.0277. The van der Waals surface area contributed by atoms with Crippen LogP contribution in [0.4, 0.5) is 0 Å². The summed E-state index contributed by atoms with van der Waals surface area (Å²) in [4.78, 5) is 11.7. The minimum Gasteiger partial charge on any atom is -0.493 e. The zero-order chi connectivity index (χ0) is 14.8. The zero-order valence-electron chi connectivity index (χ0n) is 12.3. The van der Waals surface area contributed by atoms with E-state index in [1.165, 1.54) is 0 Å². The van der Waals surface area contributed by atoms with Crippen LogP contribution in [0.15, 0.2) is 30.3 Å². The third-order valence-corrected chi connectivity index (χ3v) is 3.36. The Labute approximate surface area is 126 Å². The predicted octanol–water partition coefficient (Wildman–Crippen LogP) is 3.62. The van der Waals surface area contributed by atoms with Crippen LogP contribution in [-0.2, 0) is 4.79 Å². The van der Waals surface area contributed by atoms with Gasteiger partial charge in [0.2, 0.25) is 5.91 Å². The maximum absolute atomic E-state index is 11.7. The van der Waals surface area contributed by atoms with Gasteiger partial charge >= 0.3 is 0 Å². The maximum Gasteiger partial charge on any atom is 0.223 e. The number of para-hydroxylation sites is 1. The Kier molecular flexibility index (Phi) is 7.45. The Morgan fingerprint density at radius 3 is 2.65 bits per heavy atom. The summed E-state index contributed by atoms with van der Waals surface area (Å²) in [6.07, 6.45) is 2.36.